The van der Waals surface area contributed by atoms with E-state index in [1.165, 1.54) is 30.3 Å². The van der Waals surface area contributed by atoms with E-state index in [1.807, 2.05) is 0 Å². The Morgan fingerprint density at radius 1 is 1.14 bits per heavy atom. The van der Waals surface area contributed by atoms with Crippen molar-refractivity contribution in [2.24, 2.45) is 5.10 Å². The summed E-state index contributed by atoms with van der Waals surface area (Å²) in [5, 5.41) is 2.70. The summed E-state index contributed by atoms with van der Waals surface area (Å²) in [6.07, 6.45) is -5.97. The van der Waals surface area contributed by atoms with E-state index in [-0.39, 0.29) is 23.7 Å². The number of hydrogen-bond donors (Lipinski definition) is 1. The first-order chi connectivity index (χ1) is 13.4. The molecule has 12 heteroatoms. The van der Waals surface area contributed by atoms with Gasteiger partial charge in [0.25, 0.3) is 0 Å². The minimum atomic E-state index is -6.47. The van der Waals surface area contributed by atoms with Gasteiger partial charge >= 0.3 is 24.1 Å². The Hall–Kier alpha value is -3.05. The molecule has 1 N–H and O–H groups in total. The predicted octanol–water partition coefficient (Wildman–Crippen LogP) is 4.84. The van der Waals surface area contributed by atoms with Gasteiger partial charge in [-0.2, -0.15) is 35.8 Å². The van der Waals surface area contributed by atoms with Gasteiger partial charge < -0.3 is 9.15 Å². The molecule has 1 heterocycles. The molecule has 2 aromatic rings. The number of esters is 1. The van der Waals surface area contributed by atoms with Gasteiger partial charge in [-0.15, -0.1) is 0 Å². The molecule has 0 fully saturated rings. The summed E-state index contributed by atoms with van der Waals surface area (Å²) in [4.78, 5) is 11.7. The van der Waals surface area contributed by atoms with Crippen LogP contribution in [0.15, 0.2) is 45.9 Å². The molecule has 0 amide bonds. The summed E-state index contributed by atoms with van der Waals surface area (Å²) in [5.74, 6) is -6.98. The number of benzene rings is 1. The maximum absolute atomic E-state index is 13.1. The van der Waals surface area contributed by atoms with Crippen molar-refractivity contribution in [2.75, 3.05) is 6.61 Å². The molecule has 2 rings (SSSR count). The summed E-state index contributed by atoms with van der Waals surface area (Å²) in [5.41, 5.74) is 1.10. The van der Waals surface area contributed by atoms with E-state index in [0.29, 0.717) is 17.2 Å². The van der Waals surface area contributed by atoms with E-state index in [9.17, 15) is 35.5 Å². The average molecular weight is 426 g/mol. The fourth-order valence-electron chi connectivity index (χ4n) is 2.02. The van der Waals surface area contributed by atoms with Crippen LogP contribution in [-0.4, -0.2) is 36.9 Å². The van der Waals surface area contributed by atoms with Crippen LogP contribution in [0.1, 0.15) is 23.0 Å². The van der Waals surface area contributed by atoms with Crippen LogP contribution >= 0.6 is 0 Å². The van der Waals surface area contributed by atoms with Crippen LogP contribution in [-0.2, 0) is 4.74 Å². The fourth-order valence-corrected chi connectivity index (χ4v) is 2.02. The smallest absolute Gasteiger partial charge is 0.462 e. The minimum Gasteiger partial charge on any atom is -0.462 e. The zero-order valence-corrected chi connectivity index (χ0v) is 14.6. The Morgan fingerprint density at radius 3 is 2.45 bits per heavy atom. The molecule has 0 bridgehead atoms. The fraction of sp³-hybridized carbons (Fsp3) is 0.294. The van der Waals surface area contributed by atoms with Crippen molar-refractivity contribution in [2.45, 2.75) is 25.1 Å². The molecule has 29 heavy (non-hydrogen) atoms. The van der Waals surface area contributed by atoms with Crippen LogP contribution in [0, 0.1) is 0 Å². The van der Waals surface area contributed by atoms with E-state index >= 15 is 0 Å². The maximum Gasteiger partial charge on any atom is 0.462 e. The summed E-state index contributed by atoms with van der Waals surface area (Å²) < 4.78 is 97.8. The van der Waals surface area contributed by atoms with Crippen molar-refractivity contribution in [1.29, 1.82) is 0 Å². The highest BCUT2D eigenvalue weighted by Crippen LogP contribution is 2.45. The van der Waals surface area contributed by atoms with Gasteiger partial charge in [-0.05, 0) is 31.2 Å². The number of furan rings is 1. The van der Waals surface area contributed by atoms with E-state index in [1.54, 1.807) is 13.0 Å². The molecule has 0 aliphatic heterocycles. The molecule has 0 atom stereocenters. The SMILES string of the molecule is CCOC(=O)c1cccc(-c2ccc(/C=N\NC(F)(F)C(F)(F)C(F)(F)F)o2)c1. The molecule has 1 aromatic heterocycles. The van der Waals surface area contributed by atoms with E-state index in [0.717, 1.165) is 0 Å². The zero-order chi connectivity index (χ0) is 21.9. The van der Waals surface area contributed by atoms with Crippen LogP contribution in [0.25, 0.3) is 11.3 Å². The first-order valence-corrected chi connectivity index (χ1v) is 7.89. The normalized spacial score (nSPS) is 13.0. The molecule has 0 aliphatic carbocycles. The van der Waals surface area contributed by atoms with Gasteiger partial charge in [0.15, 0.2) is 0 Å². The van der Waals surface area contributed by atoms with Gasteiger partial charge in [-0.25, -0.2) is 10.2 Å². The van der Waals surface area contributed by atoms with Crippen LogP contribution < -0.4 is 5.43 Å². The lowest BCUT2D eigenvalue weighted by molar-refractivity contribution is -0.361. The van der Waals surface area contributed by atoms with Crippen molar-refractivity contribution in [3.05, 3.63) is 47.7 Å². The Labute approximate surface area is 159 Å². The van der Waals surface area contributed by atoms with Crippen LogP contribution in [0.4, 0.5) is 30.7 Å². The van der Waals surface area contributed by atoms with Crippen LogP contribution in [0.2, 0.25) is 0 Å². The number of carbonyl (C=O) groups excluding carboxylic acids is 1. The van der Waals surface area contributed by atoms with Gasteiger partial charge in [0.2, 0.25) is 0 Å². The number of ether oxygens (including phenoxy) is 1. The number of nitrogens with zero attached hydrogens (tertiary/aromatic N) is 1. The molecule has 0 unspecified atom stereocenters. The van der Waals surface area contributed by atoms with E-state index in [2.05, 4.69) is 5.10 Å². The number of hydrogen-bond acceptors (Lipinski definition) is 5. The first-order valence-electron chi connectivity index (χ1n) is 7.89. The van der Waals surface area contributed by atoms with Gasteiger partial charge in [0.05, 0.1) is 18.4 Å². The Balaban J connectivity index is 2.13. The van der Waals surface area contributed by atoms with Crippen LogP contribution in [0.5, 0.6) is 0 Å². The quantitative estimate of drug-likeness (QED) is 0.226. The number of halogens is 7. The molecule has 0 radical (unpaired) electrons. The highest BCUT2D eigenvalue weighted by atomic mass is 19.4. The molecule has 158 valence electrons. The predicted molar refractivity (Wildman–Crippen MR) is 86.8 cm³/mol. The molecule has 0 saturated carbocycles. The summed E-state index contributed by atoms with van der Waals surface area (Å²) in [6.45, 7) is 1.79. The molecular weight excluding hydrogens is 413 g/mol. The van der Waals surface area contributed by atoms with Gasteiger partial charge in [0.1, 0.15) is 11.5 Å². The Kier molecular flexibility index (Phi) is 6.24. The van der Waals surface area contributed by atoms with Gasteiger partial charge in [0, 0.05) is 5.56 Å². The molecule has 0 aliphatic rings. The second-order valence-corrected chi connectivity index (χ2v) is 5.52. The van der Waals surface area contributed by atoms with Gasteiger partial charge in [-0.3, -0.25) is 0 Å². The topological polar surface area (TPSA) is 63.8 Å². The van der Waals surface area contributed by atoms with Crippen molar-refractivity contribution >= 4 is 12.2 Å². The summed E-state index contributed by atoms with van der Waals surface area (Å²) >= 11 is 0. The van der Waals surface area contributed by atoms with Crippen molar-refractivity contribution in [3.63, 3.8) is 0 Å². The second-order valence-electron chi connectivity index (χ2n) is 5.52. The monoisotopic (exact) mass is 426 g/mol. The highest BCUT2D eigenvalue weighted by Gasteiger charge is 2.73. The van der Waals surface area contributed by atoms with Crippen molar-refractivity contribution in [1.82, 2.24) is 5.43 Å². The lowest BCUT2D eigenvalue weighted by atomic mass is 10.1. The lowest BCUT2D eigenvalue weighted by Gasteiger charge is -2.27. The first kappa shape index (κ1) is 22.2. The Morgan fingerprint density at radius 2 is 1.83 bits per heavy atom. The number of rotatable bonds is 7. The second kappa shape index (κ2) is 8.13. The third-order valence-electron chi connectivity index (χ3n) is 3.43. The van der Waals surface area contributed by atoms with Gasteiger partial charge in [-0.1, -0.05) is 12.1 Å². The number of carbonyl (C=O) groups is 1. The third kappa shape index (κ3) is 4.87. The van der Waals surface area contributed by atoms with E-state index < -0.39 is 24.1 Å². The largest absolute Gasteiger partial charge is 0.462 e. The third-order valence-corrected chi connectivity index (χ3v) is 3.43. The molecule has 5 nitrogen and oxygen atoms in total. The lowest BCUT2D eigenvalue weighted by Crippen LogP contribution is -2.58. The number of alkyl halides is 7. The van der Waals surface area contributed by atoms with E-state index in [4.69, 9.17) is 9.15 Å². The zero-order valence-electron chi connectivity index (χ0n) is 14.6. The highest BCUT2D eigenvalue weighted by molar-refractivity contribution is 5.90. The minimum absolute atomic E-state index is 0.157. The standard InChI is InChI=1S/C17H13F7N2O3/c1-2-28-14(27)11-5-3-4-10(8-11)13-7-6-12(29-13)9-25-26-17(23,24)15(18,19)16(20,21)22/h3-9,26H,2H2,1H3/b25-9-. The number of nitrogens with one attached hydrogen (secondary N) is 1. The maximum atomic E-state index is 13.1. The van der Waals surface area contributed by atoms with Crippen molar-refractivity contribution in [3.8, 4) is 11.3 Å². The summed E-state index contributed by atoms with van der Waals surface area (Å²) in [7, 11) is 0. The summed E-state index contributed by atoms with van der Waals surface area (Å²) in [6, 6.07) is 2.88. The van der Waals surface area contributed by atoms with Crippen molar-refractivity contribution < 1.29 is 44.7 Å². The van der Waals surface area contributed by atoms with Crippen LogP contribution in [0.3, 0.4) is 0 Å². The average Bonchev–Trinajstić information content (AvgIpc) is 3.10. The number of hydrazone groups is 1. The molecule has 1 aromatic carbocycles. The molecule has 0 saturated heterocycles. The Bertz CT molecular complexity index is 891. The molecule has 0 spiro atoms. The molecular formula is C17H13F7N2O3.